The molecule has 4 rings (SSSR count). The van der Waals surface area contributed by atoms with Crippen LogP contribution in [0.5, 0.6) is 0 Å². The molecule has 0 aliphatic carbocycles. The normalized spacial score (nSPS) is 16.8. The van der Waals surface area contributed by atoms with Gasteiger partial charge in [0.15, 0.2) is 11.6 Å². The smallest absolute Gasteiger partial charge is 0.229 e. The highest BCUT2D eigenvalue weighted by molar-refractivity contribution is 5.93. The van der Waals surface area contributed by atoms with Gasteiger partial charge in [0.05, 0.1) is 6.33 Å². The van der Waals surface area contributed by atoms with Gasteiger partial charge in [-0.3, -0.25) is 9.89 Å². The first-order valence-corrected chi connectivity index (χ1v) is 8.03. The van der Waals surface area contributed by atoms with E-state index in [1.54, 1.807) is 0 Å². The van der Waals surface area contributed by atoms with E-state index in [9.17, 15) is 4.79 Å². The lowest BCUT2D eigenvalue weighted by atomic mass is 9.95. The van der Waals surface area contributed by atoms with E-state index in [1.165, 1.54) is 0 Å². The molecule has 1 atom stereocenters. The summed E-state index contributed by atoms with van der Waals surface area (Å²) in [4.78, 5) is 16.7. The second-order valence-electron chi connectivity index (χ2n) is 6.24. The van der Waals surface area contributed by atoms with Gasteiger partial charge in [-0.25, -0.2) is 4.98 Å². The number of hydrogen-bond acceptors (Lipinski definition) is 4. The van der Waals surface area contributed by atoms with Crippen LogP contribution in [0, 0.1) is 19.8 Å². The molecule has 0 saturated heterocycles. The topological polar surface area (TPSA) is 88.7 Å². The largest absolute Gasteiger partial charge is 0.460 e. The molecule has 1 aliphatic rings. The Balaban J connectivity index is 1.50. The van der Waals surface area contributed by atoms with E-state index in [-0.39, 0.29) is 11.8 Å². The number of carbonyl (C=O) groups is 1. The number of amides is 1. The molecular weight excluding hydrogens is 306 g/mol. The highest BCUT2D eigenvalue weighted by Crippen LogP contribution is 2.28. The predicted octanol–water partition coefficient (Wildman–Crippen LogP) is 2.68. The number of anilines is 1. The number of fused-ring (bicyclic) bond motifs is 1. The summed E-state index contributed by atoms with van der Waals surface area (Å²) in [5.41, 5.74) is 2.77. The third-order valence-corrected chi connectivity index (χ3v) is 4.58. The summed E-state index contributed by atoms with van der Waals surface area (Å²) < 4.78 is 7.72. The van der Waals surface area contributed by atoms with Crippen LogP contribution < -0.4 is 5.32 Å². The van der Waals surface area contributed by atoms with Crippen molar-refractivity contribution in [1.82, 2.24) is 19.7 Å². The van der Waals surface area contributed by atoms with Crippen LogP contribution in [0.1, 0.15) is 23.4 Å². The number of carbonyl (C=O) groups excluding carboxylic acids is 1. The number of rotatable bonds is 3. The van der Waals surface area contributed by atoms with Crippen molar-refractivity contribution in [2.24, 2.45) is 5.92 Å². The number of aromatic amines is 1. The first-order valence-electron chi connectivity index (χ1n) is 8.03. The van der Waals surface area contributed by atoms with Gasteiger partial charge in [0, 0.05) is 36.3 Å². The van der Waals surface area contributed by atoms with Gasteiger partial charge in [0.25, 0.3) is 0 Å². The Morgan fingerprint density at radius 3 is 3.08 bits per heavy atom. The first kappa shape index (κ1) is 14.7. The van der Waals surface area contributed by atoms with E-state index in [0.717, 1.165) is 41.4 Å². The number of H-pyrrole nitrogens is 1. The summed E-state index contributed by atoms with van der Waals surface area (Å²) in [7, 11) is 0. The van der Waals surface area contributed by atoms with Gasteiger partial charge >= 0.3 is 0 Å². The van der Waals surface area contributed by atoms with Crippen molar-refractivity contribution >= 4 is 11.7 Å². The third kappa shape index (κ3) is 2.51. The maximum absolute atomic E-state index is 12.6. The molecule has 24 heavy (non-hydrogen) atoms. The Bertz CT molecular complexity index is 889. The average Bonchev–Trinajstić information content (AvgIpc) is 3.28. The molecule has 0 saturated carbocycles. The fourth-order valence-electron chi connectivity index (χ4n) is 3.14. The van der Waals surface area contributed by atoms with Crippen molar-refractivity contribution in [2.75, 3.05) is 5.32 Å². The van der Waals surface area contributed by atoms with Crippen molar-refractivity contribution in [3.8, 4) is 11.5 Å². The predicted molar refractivity (Wildman–Crippen MR) is 88.4 cm³/mol. The Kier molecular flexibility index (Phi) is 3.48. The molecule has 0 fully saturated rings. The quantitative estimate of drug-likeness (QED) is 0.775. The highest BCUT2D eigenvalue weighted by atomic mass is 16.3. The van der Waals surface area contributed by atoms with Crippen LogP contribution in [0.2, 0.25) is 0 Å². The molecule has 7 nitrogen and oxygen atoms in total. The summed E-state index contributed by atoms with van der Waals surface area (Å²) in [6.07, 6.45) is 5.16. The van der Waals surface area contributed by atoms with E-state index in [0.29, 0.717) is 12.2 Å². The van der Waals surface area contributed by atoms with Crippen LogP contribution in [0.15, 0.2) is 29.1 Å². The molecule has 2 N–H and O–H groups in total. The van der Waals surface area contributed by atoms with Gasteiger partial charge in [-0.15, -0.1) is 0 Å². The molecule has 1 aliphatic heterocycles. The van der Waals surface area contributed by atoms with Gasteiger partial charge in [0.2, 0.25) is 5.91 Å². The molecule has 0 bridgehead atoms. The van der Waals surface area contributed by atoms with Crippen LogP contribution in [0.3, 0.4) is 0 Å². The number of nitrogens with zero attached hydrogens (tertiary/aromatic N) is 3. The van der Waals surface area contributed by atoms with Crippen LogP contribution in [0.25, 0.3) is 11.5 Å². The monoisotopic (exact) mass is 325 g/mol. The zero-order chi connectivity index (χ0) is 16.7. The minimum atomic E-state index is -0.0559. The molecule has 0 spiro atoms. The van der Waals surface area contributed by atoms with Crippen LogP contribution in [0.4, 0.5) is 5.82 Å². The lowest BCUT2D eigenvalue weighted by Crippen LogP contribution is -2.30. The van der Waals surface area contributed by atoms with E-state index >= 15 is 0 Å². The second-order valence-corrected chi connectivity index (χ2v) is 6.24. The van der Waals surface area contributed by atoms with Crippen LogP contribution in [-0.4, -0.2) is 25.7 Å². The Morgan fingerprint density at radius 1 is 1.42 bits per heavy atom. The number of imidazole rings is 1. The first-order chi connectivity index (χ1) is 11.6. The van der Waals surface area contributed by atoms with E-state index in [2.05, 4.69) is 25.1 Å². The maximum Gasteiger partial charge on any atom is 0.229 e. The number of furan rings is 1. The summed E-state index contributed by atoms with van der Waals surface area (Å²) in [5, 5.41) is 10.1. The lowest BCUT2D eigenvalue weighted by Gasteiger charge is -2.22. The fourth-order valence-corrected chi connectivity index (χ4v) is 3.14. The van der Waals surface area contributed by atoms with Crippen molar-refractivity contribution < 1.29 is 9.21 Å². The summed E-state index contributed by atoms with van der Waals surface area (Å²) in [6, 6.07) is 3.79. The molecule has 3 aromatic heterocycles. The fraction of sp³-hybridized carbons (Fsp3) is 0.353. The number of aromatic nitrogens is 4. The second kappa shape index (κ2) is 5.67. The Labute approximate surface area is 139 Å². The maximum atomic E-state index is 12.6. The number of nitrogens with one attached hydrogen (secondary N) is 2. The summed E-state index contributed by atoms with van der Waals surface area (Å²) in [6.45, 7) is 4.64. The van der Waals surface area contributed by atoms with Crippen molar-refractivity contribution in [2.45, 2.75) is 33.2 Å². The molecule has 1 amide bonds. The molecule has 0 aromatic carbocycles. The van der Waals surface area contributed by atoms with E-state index < -0.39 is 0 Å². The molecule has 3 aromatic rings. The molecule has 124 valence electrons. The minimum Gasteiger partial charge on any atom is -0.460 e. The van der Waals surface area contributed by atoms with Crippen molar-refractivity contribution in [3.63, 3.8) is 0 Å². The average molecular weight is 325 g/mol. The zero-order valence-corrected chi connectivity index (χ0v) is 13.7. The summed E-state index contributed by atoms with van der Waals surface area (Å²) >= 11 is 0. The van der Waals surface area contributed by atoms with Crippen molar-refractivity contribution in [1.29, 1.82) is 0 Å². The van der Waals surface area contributed by atoms with Crippen LogP contribution >= 0.6 is 0 Å². The minimum absolute atomic E-state index is 0.000717. The van der Waals surface area contributed by atoms with E-state index in [1.807, 2.05) is 38.5 Å². The number of aryl methyl sites for hydroxylation is 2. The van der Waals surface area contributed by atoms with Crippen LogP contribution in [-0.2, 0) is 17.8 Å². The lowest BCUT2D eigenvalue weighted by molar-refractivity contribution is -0.120. The Morgan fingerprint density at radius 2 is 2.29 bits per heavy atom. The molecule has 4 heterocycles. The standard InChI is InChI=1S/C17H19N5O2/c1-10-3-4-14(24-10)15-11(2)16(21-20-15)19-17(23)12-5-6-22-9-18-8-13(22)7-12/h3-4,8-9,12H,5-7H2,1-2H3,(H2,19,20,21,23)/t12-/m1/s1. The number of hydrogen-bond donors (Lipinski definition) is 2. The Hall–Kier alpha value is -2.83. The summed E-state index contributed by atoms with van der Waals surface area (Å²) in [5.74, 6) is 2.06. The third-order valence-electron chi connectivity index (χ3n) is 4.58. The van der Waals surface area contributed by atoms with Gasteiger partial charge < -0.3 is 14.3 Å². The highest BCUT2D eigenvalue weighted by Gasteiger charge is 2.26. The SMILES string of the molecule is Cc1ccc(-c2[nH]nc(NC(=O)[C@@H]3CCn4cncc4C3)c2C)o1. The molecule has 0 unspecified atom stereocenters. The molecule has 0 radical (unpaired) electrons. The van der Waals surface area contributed by atoms with Crippen molar-refractivity contribution in [3.05, 3.63) is 41.7 Å². The molecule has 7 heteroatoms. The van der Waals surface area contributed by atoms with Gasteiger partial charge in [-0.2, -0.15) is 5.10 Å². The van der Waals surface area contributed by atoms with Gasteiger partial charge in [-0.05, 0) is 32.4 Å². The molecular formula is C17H19N5O2. The van der Waals surface area contributed by atoms with Gasteiger partial charge in [-0.1, -0.05) is 0 Å². The van der Waals surface area contributed by atoms with Gasteiger partial charge in [0.1, 0.15) is 11.5 Å². The van der Waals surface area contributed by atoms with E-state index in [4.69, 9.17) is 4.42 Å². The zero-order valence-electron chi connectivity index (χ0n) is 13.7.